The Morgan fingerprint density at radius 3 is 1.21 bits per heavy atom. The number of carbonyl (C=O) groups is 7. The highest BCUT2D eigenvalue weighted by Crippen LogP contribution is 2.25. The van der Waals surface area contributed by atoms with E-state index in [2.05, 4.69) is 21.3 Å². The van der Waals surface area contributed by atoms with E-state index in [1.54, 1.807) is 9.80 Å². The molecule has 19 heteroatoms. The first-order valence-corrected chi connectivity index (χ1v) is 18.5. The summed E-state index contributed by atoms with van der Waals surface area (Å²) in [5.74, 6) is -6.13. The van der Waals surface area contributed by atoms with Gasteiger partial charge < -0.3 is 61.7 Å². The quantitative estimate of drug-likeness (QED) is 0.0485. The SMILES string of the molecule is CC(=O)N(CCCCNC(=O)CC(O)(CC(=O)NCCCCN(CCCNC(=O)c1ccc(O)c(O)c1)C(C)=O)C(=O)O)CCCNC(=O)c1ccc(O)c(O)c1. The lowest BCUT2D eigenvalue weighted by atomic mass is 9.94. The average molecular weight is 803 g/mol. The predicted octanol–water partition coefficient (Wildman–Crippen LogP) is 0.535. The summed E-state index contributed by atoms with van der Waals surface area (Å²) < 4.78 is 0. The third-order valence-electron chi connectivity index (χ3n) is 8.80. The number of nitrogens with zero attached hydrogens (tertiary/aromatic N) is 2. The fourth-order valence-electron chi connectivity index (χ4n) is 5.51. The van der Waals surface area contributed by atoms with E-state index in [0.29, 0.717) is 64.7 Å². The highest BCUT2D eigenvalue weighted by Gasteiger charge is 2.40. The number of hydrogen-bond acceptors (Lipinski definition) is 12. The molecule has 0 heterocycles. The van der Waals surface area contributed by atoms with Gasteiger partial charge >= 0.3 is 5.97 Å². The maximum atomic E-state index is 12.5. The monoisotopic (exact) mass is 802 g/mol. The van der Waals surface area contributed by atoms with Gasteiger partial charge in [0.25, 0.3) is 11.8 Å². The van der Waals surface area contributed by atoms with Crippen LogP contribution >= 0.6 is 0 Å². The Hall–Kier alpha value is -6.11. The van der Waals surface area contributed by atoms with E-state index >= 15 is 0 Å². The number of phenolic OH excluding ortho intramolecular Hbond substituents is 4. The standard InChI is InChI=1S/C38H54N6O13/c1-25(45)43(19-7-15-41-35(53)27-9-11-29(47)31(49)21-27)17-5-3-13-39-33(51)23-38(57,37(55)56)24-34(52)40-14-4-6-18-44(26(2)46)20-8-16-42-36(54)28-10-12-30(48)32(50)22-28/h9-12,21-22,47-50,57H,3-8,13-20,23-24H2,1-2H3,(H,39,51)(H,40,52)(H,41,53)(H,42,54)(H,55,56). The smallest absolute Gasteiger partial charge is 0.336 e. The molecule has 0 aliphatic rings. The summed E-state index contributed by atoms with van der Waals surface area (Å²) in [6.45, 7) is 4.93. The van der Waals surface area contributed by atoms with E-state index in [9.17, 15) is 64.2 Å². The molecular formula is C38H54N6O13. The van der Waals surface area contributed by atoms with Crippen LogP contribution in [0.5, 0.6) is 23.0 Å². The molecule has 0 unspecified atom stereocenters. The van der Waals surface area contributed by atoms with E-state index in [1.165, 1.54) is 38.1 Å². The van der Waals surface area contributed by atoms with Gasteiger partial charge in [0.2, 0.25) is 23.6 Å². The van der Waals surface area contributed by atoms with Gasteiger partial charge in [-0.05, 0) is 74.9 Å². The average Bonchev–Trinajstić information content (AvgIpc) is 3.14. The number of aliphatic carboxylic acids is 1. The van der Waals surface area contributed by atoms with Gasteiger partial charge in [-0.15, -0.1) is 0 Å². The minimum atomic E-state index is -2.65. The zero-order valence-electron chi connectivity index (χ0n) is 32.2. The summed E-state index contributed by atoms with van der Waals surface area (Å²) in [7, 11) is 0. The normalized spacial score (nSPS) is 10.9. The number of rotatable bonds is 25. The number of hydrogen-bond donors (Lipinski definition) is 10. The minimum Gasteiger partial charge on any atom is -0.504 e. The number of carboxylic acid groups (broad SMARTS) is 1. The Bertz CT molecular complexity index is 1610. The van der Waals surface area contributed by atoms with Crippen molar-refractivity contribution in [2.45, 2.75) is 70.8 Å². The van der Waals surface area contributed by atoms with Crippen LogP contribution in [-0.2, 0) is 24.0 Å². The summed E-state index contributed by atoms with van der Waals surface area (Å²) in [5, 5.41) is 68.5. The Labute approximate surface area is 330 Å². The van der Waals surface area contributed by atoms with Crippen molar-refractivity contribution in [3.8, 4) is 23.0 Å². The number of carbonyl (C=O) groups excluding carboxylic acids is 6. The van der Waals surface area contributed by atoms with Crippen LogP contribution in [0.3, 0.4) is 0 Å². The van der Waals surface area contributed by atoms with E-state index in [-0.39, 0.29) is 60.6 Å². The first kappa shape index (κ1) is 47.0. The number of carboxylic acids is 1. The van der Waals surface area contributed by atoms with Crippen LogP contribution in [0.15, 0.2) is 36.4 Å². The molecule has 10 N–H and O–H groups in total. The minimum absolute atomic E-state index is 0.124. The van der Waals surface area contributed by atoms with Gasteiger partial charge in [-0.2, -0.15) is 0 Å². The molecule has 0 saturated carbocycles. The van der Waals surface area contributed by atoms with Crippen molar-refractivity contribution in [1.29, 1.82) is 0 Å². The van der Waals surface area contributed by atoms with Crippen LogP contribution in [-0.4, -0.2) is 140 Å². The molecule has 0 bridgehead atoms. The molecule has 0 aliphatic heterocycles. The van der Waals surface area contributed by atoms with Crippen LogP contribution < -0.4 is 21.3 Å². The molecular weight excluding hydrogens is 748 g/mol. The van der Waals surface area contributed by atoms with Crippen molar-refractivity contribution in [2.24, 2.45) is 0 Å². The second-order valence-electron chi connectivity index (χ2n) is 13.4. The molecule has 2 aromatic carbocycles. The number of unbranched alkanes of at least 4 members (excludes halogenated alkanes) is 2. The lowest BCUT2D eigenvalue weighted by Crippen LogP contribution is -2.47. The summed E-state index contributed by atoms with van der Waals surface area (Å²) in [6.07, 6.45) is 0.973. The van der Waals surface area contributed by atoms with Crippen molar-refractivity contribution >= 4 is 41.4 Å². The predicted molar refractivity (Wildman–Crippen MR) is 204 cm³/mol. The molecule has 0 atom stereocenters. The lowest BCUT2D eigenvalue weighted by Gasteiger charge is -2.23. The molecule has 19 nitrogen and oxygen atoms in total. The van der Waals surface area contributed by atoms with Crippen LogP contribution in [0.4, 0.5) is 0 Å². The summed E-state index contributed by atoms with van der Waals surface area (Å²) >= 11 is 0. The highest BCUT2D eigenvalue weighted by molar-refractivity contribution is 5.95. The van der Waals surface area contributed by atoms with E-state index in [0.717, 1.165) is 12.1 Å². The summed E-state index contributed by atoms with van der Waals surface area (Å²) in [4.78, 5) is 88.6. The molecule has 57 heavy (non-hydrogen) atoms. The second-order valence-corrected chi connectivity index (χ2v) is 13.4. The molecule has 2 rings (SSSR count). The van der Waals surface area contributed by atoms with Crippen molar-refractivity contribution in [3.63, 3.8) is 0 Å². The van der Waals surface area contributed by atoms with Crippen molar-refractivity contribution < 1.29 is 64.2 Å². The van der Waals surface area contributed by atoms with Gasteiger partial charge in [-0.1, -0.05) is 0 Å². The zero-order chi connectivity index (χ0) is 42.5. The maximum Gasteiger partial charge on any atom is 0.336 e. The van der Waals surface area contributed by atoms with Crippen LogP contribution in [0, 0.1) is 0 Å². The van der Waals surface area contributed by atoms with Gasteiger partial charge in [0.05, 0.1) is 12.8 Å². The van der Waals surface area contributed by atoms with Gasteiger partial charge in [0.1, 0.15) is 0 Å². The number of benzene rings is 2. The number of aliphatic hydroxyl groups is 1. The summed E-state index contributed by atoms with van der Waals surface area (Å²) in [6, 6.07) is 7.38. The summed E-state index contributed by atoms with van der Waals surface area (Å²) in [5.41, 5.74) is -2.33. The Balaban J connectivity index is 1.64. The number of nitrogens with one attached hydrogen (secondary N) is 4. The fraction of sp³-hybridized carbons (Fsp3) is 0.500. The van der Waals surface area contributed by atoms with Gasteiger partial charge in [-0.3, -0.25) is 28.8 Å². The van der Waals surface area contributed by atoms with Crippen LogP contribution in [0.1, 0.15) is 85.9 Å². The van der Waals surface area contributed by atoms with Crippen LogP contribution in [0.2, 0.25) is 0 Å². The first-order chi connectivity index (χ1) is 26.9. The third kappa shape index (κ3) is 17.1. The molecule has 0 saturated heterocycles. The zero-order valence-corrected chi connectivity index (χ0v) is 32.2. The van der Waals surface area contributed by atoms with Crippen molar-refractivity contribution in [3.05, 3.63) is 47.5 Å². The number of aromatic hydroxyl groups is 4. The molecule has 6 amide bonds. The molecule has 2 aromatic rings. The topological polar surface area (TPSA) is 295 Å². The molecule has 0 aliphatic carbocycles. The van der Waals surface area contributed by atoms with Crippen LogP contribution in [0.25, 0.3) is 0 Å². The number of amides is 6. The largest absolute Gasteiger partial charge is 0.504 e. The molecule has 0 fully saturated rings. The third-order valence-corrected chi connectivity index (χ3v) is 8.80. The molecule has 314 valence electrons. The first-order valence-electron chi connectivity index (χ1n) is 18.5. The molecule has 0 aromatic heterocycles. The Morgan fingerprint density at radius 2 is 0.877 bits per heavy atom. The van der Waals surface area contributed by atoms with Gasteiger partial charge in [0, 0.05) is 77.3 Å². The number of phenols is 4. The molecule has 0 radical (unpaired) electrons. The van der Waals surface area contributed by atoms with Gasteiger partial charge in [-0.25, -0.2) is 4.79 Å². The maximum absolute atomic E-state index is 12.5. The van der Waals surface area contributed by atoms with E-state index in [1.807, 2.05) is 0 Å². The lowest BCUT2D eigenvalue weighted by molar-refractivity contribution is -0.164. The highest BCUT2D eigenvalue weighted by atomic mass is 16.4. The van der Waals surface area contributed by atoms with Crippen molar-refractivity contribution in [1.82, 2.24) is 31.1 Å². The van der Waals surface area contributed by atoms with Gasteiger partial charge in [0.15, 0.2) is 28.6 Å². The Kier molecular flexibility index (Phi) is 19.6. The molecule has 0 spiro atoms. The second kappa shape index (κ2) is 23.7. The van der Waals surface area contributed by atoms with Crippen molar-refractivity contribution in [2.75, 3.05) is 52.4 Å². The van der Waals surface area contributed by atoms with E-state index in [4.69, 9.17) is 0 Å². The Morgan fingerprint density at radius 1 is 0.526 bits per heavy atom. The fourth-order valence-corrected chi connectivity index (χ4v) is 5.51. The van der Waals surface area contributed by atoms with E-state index < -0.39 is 59.5 Å².